The Morgan fingerprint density at radius 1 is 0.978 bits per heavy atom. The molecule has 8 nitrogen and oxygen atoms in total. The normalized spacial score (nSPS) is 15.9. The zero-order valence-electron chi connectivity index (χ0n) is 25.3. The topological polar surface area (TPSA) is 102 Å². The highest BCUT2D eigenvalue weighted by Crippen LogP contribution is 2.45. The molecule has 2 heterocycles. The molecule has 1 saturated heterocycles. The number of amides is 1. The lowest BCUT2D eigenvalue weighted by atomic mass is 9.95. The molecule has 234 valence electrons. The number of aromatic nitrogens is 2. The predicted molar refractivity (Wildman–Crippen MR) is 180 cm³/mol. The Morgan fingerprint density at radius 2 is 1.73 bits per heavy atom. The fraction of sp³-hybridized carbons (Fsp3) is 0.294. The monoisotopic (exact) mass is 663 g/mol. The minimum Gasteiger partial charge on any atom is -0.507 e. The van der Waals surface area contributed by atoms with Gasteiger partial charge in [-0.05, 0) is 55.7 Å². The third kappa shape index (κ3) is 7.52. The van der Waals surface area contributed by atoms with Crippen LogP contribution in [-0.4, -0.2) is 40.2 Å². The van der Waals surface area contributed by atoms with Crippen LogP contribution in [0.25, 0.3) is 5.76 Å². The van der Waals surface area contributed by atoms with Crippen molar-refractivity contribution in [2.75, 3.05) is 18.1 Å². The molecule has 0 saturated carbocycles. The third-order valence-electron chi connectivity index (χ3n) is 7.24. The fourth-order valence-corrected chi connectivity index (χ4v) is 6.86. The summed E-state index contributed by atoms with van der Waals surface area (Å²) in [6.07, 6.45) is 3.04. The molecule has 0 spiro atoms. The van der Waals surface area contributed by atoms with E-state index in [1.54, 1.807) is 30.3 Å². The van der Waals surface area contributed by atoms with Gasteiger partial charge in [0.15, 0.2) is 15.8 Å². The number of aliphatic hydroxyl groups excluding tert-OH is 1. The number of halogens is 1. The van der Waals surface area contributed by atoms with E-state index in [1.807, 2.05) is 50.2 Å². The maximum Gasteiger partial charge on any atom is 0.301 e. The van der Waals surface area contributed by atoms with Crippen molar-refractivity contribution in [2.45, 2.75) is 56.2 Å². The summed E-state index contributed by atoms with van der Waals surface area (Å²) in [5, 5.41) is 21.0. The van der Waals surface area contributed by atoms with Crippen LogP contribution in [0.4, 0.5) is 5.13 Å². The first-order valence-electron chi connectivity index (χ1n) is 14.8. The molecule has 1 unspecified atom stereocenters. The van der Waals surface area contributed by atoms with Gasteiger partial charge in [0, 0.05) is 16.3 Å². The summed E-state index contributed by atoms with van der Waals surface area (Å²) >= 11 is 8.69. The van der Waals surface area contributed by atoms with E-state index in [1.165, 1.54) is 28.0 Å². The molecule has 0 bridgehead atoms. The van der Waals surface area contributed by atoms with Crippen molar-refractivity contribution < 1.29 is 24.2 Å². The zero-order valence-corrected chi connectivity index (χ0v) is 27.7. The van der Waals surface area contributed by atoms with Crippen LogP contribution in [0.5, 0.6) is 11.5 Å². The molecule has 1 aromatic heterocycles. The van der Waals surface area contributed by atoms with Crippen LogP contribution in [0, 0.1) is 6.92 Å². The molecule has 1 aliphatic heterocycles. The number of rotatable bonds is 13. The molecule has 45 heavy (non-hydrogen) atoms. The Balaban J connectivity index is 1.54. The Morgan fingerprint density at radius 3 is 2.44 bits per heavy atom. The van der Waals surface area contributed by atoms with Crippen LogP contribution < -0.4 is 14.4 Å². The molecule has 3 aromatic carbocycles. The van der Waals surface area contributed by atoms with E-state index in [9.17, 15) is 14.7 Å². The van der Waals surface area contributed by atoms with E-state index >= 15 is 0 Å². The number of nitrogens with zero attached hydrogens (tertiary/aromatic N) is 3. The largest absolute Gasteiger partial charge is 0.507 e. The molecule has 1 aliphatic rings. The smallest absolute Gasteiger partial charge is 0.301 e. The van der Waals surface area contributed by atoms with Crippen molar-refractivity contribution in [1.29, 1.82) is 0 Å². The first-order chi connectivity index (χ1) is 21.8. The SMILES string of the molecule is CCCCCOc1ccc(C2C(=C(O)c3ccc(C)cc3)C(=O)C(=O)N2c2nnc(SCc3ccc(Cl)cc3)s2)cc1OCC. The summed E-state index contributed by atoms with van der Waals surface area (Å²) in [6.45, 7) is 6.87. The Labute approximate surface area is 276 Å². The van der Waals surface area contributed by atoms with Crippen LogP contribution in [0.2, 0.25) is 5.02 Å². The van der Waals surface area contributed by atoms with E-state index < -0.39 is 17.7 Å². The fourth-order valence-electron chi connectivity index (χ4n) is 4.91. The molecule has 4 aromatic rings. The van der Waals surface area contributed by atoms with E-state index in [0.717, 1.165) is 30.4 Å². The van der Waals surface area contributed by atoms with Gasteiger partial charge in [0.25, 0.3) is 5.78 Å². The number of benzene rings is 3. The summed E-state index contributed by atoms with van der Waals surface area (Å²) in [6, 6.07) is 19.0. The summed E-state index contributed by atoms with van der Waals surface area (Å²) < 4.78 is 12.6. The molecule has 1 fully saturated rings. The second-order valence-corrected chi connectivity index (χ2v) is 13.1. The van der Waals surface area contributed by atoms with Gasteiger partial charge in [-0.3, -0.25) is 14.5 Å². The Bertz CT molecular complexity index is 1690. The number of aliphatic hydroxyl groups is 1. The Hall–Kier alpha value is -3.86. The minimum absolute atomic E-state index is 0.0338. The van der Waals surface area contributed by atoms with E-state index in [0.29, 0.717) is 51.0 Å². The predicted octanol–water partition coefficient (Wildman–Crippen LogP) is 8.39. The third-order valence-corrected chi connectivity index (χ3v) is 9.61. The number of unbranched alkanes of at least 4 members (excludes halogenated alkanes) is 2. The molecule has 1 atom stereocenters. The zero-order chi connectivity index (χ0) is 31.9. The van der Waals surface area contributed by atoms with Gasteiger partial charge < -0.3 is 14.6 Å². The lowest BCUT2D eigenvalue weighted by Crippen LogP contribution is -2.29. The van der Waals surface area contributed by atoms with Crippen molar-refractivity contribution in [3.8, 4) is 11.5 Å². The first kappa shape index (κ1) is 32.5. The summed E-state index contributed by atoms with van der Waals surface area (Å²) in [7, 11) is 0. The highest BCUT2D eigenvalue weighted by molar-refractivity contribution is 8.00. The maximum absolute atomic E-state index is 13.7. The van der Waals surface area contributed by atoms with E-state index in [2.05, 4.69) is 17.1 Å². The lowest BCUT2D eigenvalue weighted by molar-refractivity contribution is -0.132. The molecule has 1 amide bonds. The number of aryl methyl sites for hydroxylation is 1. The van der Waals surface area contributed by atoms with Gasteiger partial charge >= 0.3 is 5.91 Å². The van der Waals surface area contributed by atoms with Crippen molar-refractivity contribution in [1.82, 2.24) is 10.2 Å². The number of carbonyl (C=O) groups is 2. The van der Waals surface area contributed by atoms with Gasteiger partial charge in [-0.2, -0.15) is 0 Å². The number of thioether (sulfide) groups is 1. The molecular weight excluding hydrogens is 630 g/mol. The number of ether oxygens (including phenoxy) is 2. The van der Waals surface area contributed by atoms with Gasteiger partial charge in [-0.1, -0.05) is 102 Å². The second kappa shape index (κ2) is 14.9. The molecule has 0 radical (unpaired) electrons. The van der Waals surface area contributed by atoms with Gasteiger partial charge in [-0.25, -0.2) is 0 Å². The highest BCUT2D eigenvalue weighted by atomic mass is 35.5. The average molecular weight is 664 g/mol. The number of anilines is 1. The average Bonchev–Trinajstić information content (AvgIpc) is 3.61. The number of carbonyl (C=O) groups excluding carboxylic acids is 2. The number of ketones is 1. The van der Waals surface area contributed by atoms with Crippen LogP contribution >= 0.6 is 34.7 Å². The first-order valence-corrected chi connectivity index (χ1v) is 17.0. The van der Waals surface area contributed by atoms with Crippen molar-refractivity contribution in [3.63, 3.8) is 0 Å². The van der Waals surface area contributed by atoms with E-state index in [-0.39, 0.29) is 16.5 Å². The summed E-state index contributed by atoms with van der Waals surface area (Å²) in [5.74, 6) is -0.175. The van der Waals surface area contributed by atoms with Crippen molar-refractivity contribution in [2.24, 2.45) is 0 Å². The quantitative estimate of drug-likeness (QED) is 0.0380. The standard InChI is InChI=1S/C34H34ClN3O5S2/c1-4-6-7-18-43-26-17-14-24(19-27(26)42-5-2)29-28(30(39)23-12-8-21(3)9-13-23)31(40)32(41)38(29)33-36-37-34(45-33)44-20-22-10-15-25(35)16-11-22/h8-17,19,29,39H,4-7,18,20H2,1-3H3. The Kier molecular flexibility index (Phi) is 10.8. The molecule has 1 N–H and O–H groups in total. The van der Waals surface area contributed by atoms with Gasteiger partial charge in [0.2, 0.25) is 5.13 Å². The van der Waals surface area contributed by atoms with Crippen LogP contribution in [0.1, 0.15) is 61.4 Å². The van der Waals surface area contributed by atoms with E-state index in [4.69, 9.17) is 21.1 Å². The summed E-state index contributed by atoms with van der Waals surface area (Å²) in [5.41, 5.74) is 3.02. The van der Waals surface area contributed by atoms with Crippen LogP contribution in [-0.2, 0) is 15.3 Å². The molecular formula is C34H34ClN3O5S2. The van der Waals surface area contributed by atoms with Gasteiger partial charge in [0.05, 0.1) is 24.8 Å². The van der Waals surface area contributed by atoms with Gasteiger partial charge in [0.1, 0.15) is 5.76 Å². The summed E-state index contributed by atoms with van der Waals surface area (Å²) in [4.78, 5) is 28.7. The number of Topliss-reactive ketones (excluding diaryl/α,β-unsaturated/α-hetero) is 1. The van der Waals surface area contributed by atoms with Crippen LogP contribution in [0.15, 0.2) is 76.6 Å². The van der Waals surface area contributed by atoms with Gasteiger partial charge in [-0.15, -0.1) is 10.2 Å². The minimum atomic E-state index is -0.971. The highest BCUT2D eigenvalue weighted by Gasteiger charge is 2.48. The molecule has 5 rings (SSSR count). The number of hydrogen-bond donors (Lipinski definition) is 1. The lowest BCUT2D eigenvalue weighted by Gasteiger charge is -2.23. The van der Waals surface area contributed by atoms with Crippen molar-refractivity contribution in [3.05, 3.63) is 99.6 Å². The van der Waals surface area contributed by atoms with Crippen molar-refractivity contribution >= 4 is 57.3 Å². The molecule has 0 aliphatic carbocycles. The number of hydrogen-bond acceptors (Lipinski definition) is 9. The van der Waals surface area contributed by atoms with Crippen LogP contribution in [0.3, 0.4) is 0 Å². The second-order valence-electron chi connectivity index (χ2n) is 10.5. The maximum atomic E-state index is 13.7. The molecule has 11 heteroatoms.